The molecule has 3 fully saturated rings. The van der Waals surface area contributed by atoms with E-state index < -0.39 is 0 Å². The number of rotatable bonds is 5. The lowest BCUT2D eigenvalue weighted by atomic mass is 9.73. The highest BCUT2D eigenvalue weighted by atomic mass is 16.5. The van der Waals surface area contributed by atoms with E-state index in [9.17, 15) is 4.79 Å². The molecule has 6 nitrogen and oxygen atoms in total. The second-order valence-electron chi connectivity index (χ2n) is 8.67. The summed E-state index contributed by atoms with van der Waals surface area (Å²) in [7, 11) is 1.79. The summed E-state index contributed by atoms with van der Waals surface area (Å²) >= 11 is 0. The molecule has 0 aliphatic carbocycles. The van der Waals surface area contributed by atoms with Crippen LogP contribution in [0.5, 0.6) is 5.75 Å². The molecule has 0 aromatic heterocycles. The summed E-state index contributed by atoms with van der Waals surface area (Å²) < 4.78 is 5.58. The van der Waals surface area contributed by atoms with Gasteiger partial charge in [-0.3, -0.25) is 0 Å². The normalized spacial score (nSPS) is 23.1. The first kappa shape index (κ1) is 20.3. The van der Waals surface area contributed by atoms with Gasteiger partial charge in [-0.05, 0) is 48.9 Å². The highest BCUT2D eigenvalue weighted by Gasteiger charge is 2.47. The summed E-state index contributed by atoms with van der Waals surface area (Å²) in [5.41, 5.74) is 1.32. The van der Waals surface area contributed by atoms with Crippen molar-refractivity contribution in [1.82, 2.24) is 9.80 Å². The third-order valence-electron chi connectivity index (χ3n) is 6.06. The maximum absolute atomic E-state index is 13.0. The summed E-state index contributed by atoms with van der Waals surface area (Å²) in [6.07, 6.45) is 1.49. The van der Waals surface area contributed by atoms with E-state index in [1.165, 1.54) is 5.69 Å². The Morgan fingerprint density at radius 3 is 2.64 bits per heavy atom. The zero-order valence-corrected chi connectivity index (χ0v) is 17.5. The lowest BCUT2D eigenvalue weighted by Gasteiger charge is -2.48. The van der Waals surface area contributed by atoms with Gasteiger partial charge in [0.1, 0.15) is 5.75 Å². The first-order valence-electron chi connectivity index (χ1n) is 10.2. The first-order chi connectivity index (χ1) is 13.4. The minimum absolute atomic E-state index is 0.0384. The molecule has 2 bridgehead atoms. The van der Waals surface area contributed by atoms with Gasteiger partial charge in [0.15, 0.2) is 0 Å². The fraction of sp³-hybridized carbons (Fsp3) is 0.636. The van der Waals surface area contributed by atoms with Crippen LogP contribution in [0.2, 0.25) is 0 Å². The fourth-order valence-electron chi connectivity index (χ4n) is 4.73. The standard InChI is InChI=1S/C22H32N4O2/c1-5-28-19-9-7-18(8-10-19)26-15-17-13-22(2,3)20(26)16-25(14-17)21(27)24(4)12-6-11-23/h7-10,17,20H,5-6,12-16H2,1-4H3. The maximum Gasteiger partial charge on any atom is 0.319 e. The number of carbonyl (C=O) groups is 1. The van der Waals surface area contributed by atoms with E-state index in [-0.39, 0.29) is 17.5 Å². The van der Waals surface area contributed by atoms with Crippen molar-refractivity contribution in [2.45, 2.75) is 39.7 Å². The monoisotopic (exact) mass is 384 g/mol. The largest absolute Gasteiger partial charge is 0.494 e. The summed E-state index contributed by atoms with van der Waals surface area (Å²) in [5, 5.41) is 8.81. The number of ether oxygens (including phenoxy) is 1. The molecular formula is C22H32N4O2. The second-order valence-corrected chi connectivity index (χ2v) is 8.67. The smallest absolute Gasteiger partial charge is 0.319 e. The molecular weight excluding hydrogens is 352 g/mol. The van der Waals surface area contributed by atoms with Crippen molar-refractivity contribution < 1.29 is 9.53 Å². The highest BCUT2D eigenvalue weighted by molar-refractivity contribution is 5.74. The minimum atomic E-state index is 0.0384. The molecule has 1 aromatic rings. The Morgan fingerprint density at radius 2 is 2.00 bits per heavy atom. The van der Waals surface area contributed by atoms with Crippen molar-refractivity contribution in [2.24, 2.45) is 11.3 Å². The molecule has 4 rings (SSSR count). The third kappa shape index (κ3) is 4.19. The van der Waals surface area contributed by atoms with Crippen LogP contribution in [0.4, 0.5) is 10.5 Å². The molecule has 2 atom stereocenters. The van der Waals surface area contributed by atoms with Crippen LogP contribution in [-0.2, 0) is 0 Å². The number of hydrogen-bond donors (Lipinski definition) is 0. The summed E-state index contributed by atoms with van der Waals surface area (Å²) in [6, 6.07) is 10.7. The van der Waals surface area contributed by atoms with Crippen molar-refractivity contribution in [3.05, 3.63) is 24.3 Å². The van der Waals surface area contributed by atoms with Crippen LogP contribution >= 0.6 is 0 Å². The molecule has 2 amide bonds. The maximum atomic E-state index is 13.0. The zero-order chi connectivity index (χ0) is 20.3. The van der Waals surface area contributed by atoms with Crippen molar-refractivity contribution in [3.63, 3.8) is 0 Å². The van der Waals surface area contributed by atoms with E-state index >= 15 is 0 Å². The molecule has 3 saturated heterocycles. The fourth-order valence-corrected chi connectivity index (χ4v) is 4.73. The number of benzene rings is 1. The number of amides is 2. The Labute approximate surface area is 168 Å². The van der Waals surface area contributed by atoms with Gasteiger partial charge in [-0.1, -0.05) is 13.8 Å². The van der Waals surface area contributed by atoms with Gasteiger partial charge in [0.25, 0.3) is 0 Å². The molecule has 152 valence electrons. The Balaban J connectivity index is 1.81. The van der Waals surface area contributed by atoms with Crippen molar-refractivity contribution in [1.29, 1.82) is 5.26 Å². The van der Waals surface area contributed by atoms with Crippen LogP contribution in [0.25, 0.3) is 0 Å². The van der Waals surface area contributed by atoms with Crippen molar-refractivity contribution in [2.75, 3.05) is 44.7 Å². The minimum Gasteiger partial charge on any atom is -0.494 e. The number of carbonyl (C=O) groups excluding carboxylic acids is 1. The molecule has 3 heterocycles. The Kier molecular flexibility index (Phi) is 6.02. The lowest BCUT2D eigenvalue weighted by Crippen LogP contribution is -2.54. The Morgan fingerprint density at radius 1 is 1.29 bits per heavy atom. The van der Waals surface area contributed by atoms with Crippen molar-refractivity contribution >= 4 is 11.7 Å². The number of urea groups is 1. The predicted octanol–water partition coefficient (Wildman–Crippen LogP) is 3.59. The van der Waals surface area contributed by atoms with Gasteiger partial charge >= 0.3 is 6.03 Å². The lowest BCUT2D eigenvalue weighted by molar-refractivity contribution is 0.160. The molecule has 0 N–H and O–H groups in total. The summed E-state index contributed by atoms with van der Waals surface area (Å²) in [4.78, 5) is 19.1. The number of nitrogens with zero attached hydrogens (tertiary/aromatic N) is 4. The summed E-state index contributed by atoms with van der Waals surface area (Å²) in [6.45, 7) is 10.2. The van der Waals surface area contributed by atoms with Crippen LogP contribution < -0.4 is 9.64 Å². The topological polar surface area (TPSA) is 59.8 Å². The first-order valence-corrected chi connectivity index (χ1v) is 10.2. The van der Waals surface area contributed by atoms with E-state index in [2.05, 4.69) is 36.9 Å². The van der Waals surface area contributed by atoms with Gasteiger partial charge in [-0.15, -0.1) is 0 Å². The Bertz CT molecular complexity index is 725. The molecule has 0 saturated carbocycles. The zero-order valence-electron chi connectivity index (χ0n) is 17.5. The molecule has 2 unspecified atom stereocenters. The summed E-state index contributed by atoms with van der Waals surface area (Å²) in [5.74, 6) is 1.33. The van der Waals surface area contributed by atoms with E-state index in [1.807, 2.05) is 24.0 Å². The molecule has 0 radical (unpaired) electrons. The van der Waals surface area contributed by atoms with Gasteiger partial charge in [0.05, 0.1) is 25.1 Å². The van der Waals surface area contributed by atoms with E-state index in [4.69, 9.17) is 10.00 Å². The van der Waals surface area contributed by atoms with Crippen LogP contribution in [0.3, 0.4) is 0 Å². The SMILES string of the molecule is CCOc1ccc(N2CC3CN(C(=O)N(C)CCC#N)CC2C(C)(C)C3)cc1. The second kappa shape index (κ2) is 8.30. The average molecular weight is 385 g/mol. The van der Waals surface area contributed by atoms with Crippen LogP contribution in [-0.4, -0.2) is 61.7 Å². The molecule has 28 heavy (non-hydrogen) atoms. The van der Waals surface area contributed by atoms with Gasteiger partial charge in [-0.2, -0.15) is 5.26 Å². The van der Waals surface area contributed by atoms with E-state index in [0.29, 0.717) is 32.0 Å². The highest BCUT2D eigenvalue weighted by Crippen LogP contribution is 2.43. The van der Waals surface area contributed by atoms with Gasteiger partial charge in [-0.25, -0.2) is 4.79 Å². The third-order valence-corrected chi connectivity index (χ3v) is 6.06. The van der Waals surface area contributed by atoms with Gasteiger partial charge in [0, 0.05) is 38.9 Å². The van der Waals surface area contributed by atoms with Crippen molar-refractivity contribution in [3.8, 4) is 11.8 Å². The number of fused-ring (bicyclic) bond motifs is 4. The number of anilines is 1. The predicted molar refractivity (Wildman–Crippen MR) is 110 cm³/mol. The number of hydrogen-bond acceptors (Lipinski definition) is 4. The van der Waals surface area contributed by atoms with E-state index in [1.54, 1.807) is 11.9 Å². The molecule has 6 heteroatoms. The molecule has 0 spiro atoms. The average Bonchev–Trinajstić information content (AvgIpc) is 2.93. The number of nitriles is 1. The van der Waals surface area contributed by atoms with Crippen LogP contribution in [0.1, 0.15) is 33.6 Å². The molecule has 3 aliphatic rings. The quantitative estimate of drug-likeness (QED) is 0.778. The van der Waals surface area contributed by atoms with Gasteiger partial charge < -0.3 is 19.4 Å². The van der Waals surface area contributed by atoms with Crippen LogP contribution in [0, 0.1) is 22.7 Å². The van der Waals surface area contributed by atoms with Crippen LogP contribution in [0.15, 0.2) is 24.3 Å². The Hall–Kier alpha value is -2.42. The number of piperidine rings is 1. The van der Waals surface area contributed by atoms with E-state index in [0.717, 1.165) is 25.3 Å². The molecule has 3 aliphatic heterocycles. The van der Waals surface area contributed by atoms with Gasteiger partial charge in [0.2, 0.25) is 0 Å². The molecule has 1 aromatic carbocycles.